The number of hydrogen-bond donors (Lipinski definition) is 6. The van der Waals surface area contributed by atoms with Crippen LogP contribution >= 0.6 is 23.9 Å². The van der Waals surface area contributed by atoms with Crippen molar-refractivity contribution in [2.24, 2.45) is 0 Å². The van der Waals surface area contributed by atoms with Gasteiger partial charge >= 0.3 is 59.1 Å². The number of nitrogens with zero attached hydrogens (tertiary/aromatic N) is 4. The summed E-state index contributed by atoms with van der Waals surface area (Å²) >= 11 is 3.10. The summed E-state index contributed by atoms with van der Waals surface area (Å²) in [4.78, 5) is 4.05. The molecule has 54 heavy (non-hydrogen) atoms. The standard InChI is InChI=1S/C40H44N8O2S2.2Na.2H/c1-45(23-25-49)37-27-39(51-47(29-37)43-35-9-5-3-6-10-35)41-33-19-15-31(16-20-33)13-14-32-17-21-34(22-18-32)42-40-28-38(46(2)24-26-50)30-48(52-40)44-36-11-7-4-8-12-36;;;;/h3-22,27-30,41-44,49-50H,23-26H2,1-2H3;;;;. The number of rotatable bonds is 16. The molecular formula is C40H46N8Na2O2S2. The second kappa shape index (κ2) is 22.2. The Balaban J connectivity index is 0.00000325. The minimum absolute atomic E-state index is 0. The van der Waals surface area contributed by atoms with Gasteiger partial charge in [-0.1, -0.05) is 72.8 Å². The molecule has 272 valence electrons. The van der Waals surface area contributed by atoms with Crippen LogP contribution in [0.2, 0.25) is 0 Å². The molecule has 2 aliphatic heterocycles. The molecule has 0 spiro atoms. The van der Waals surface area contributed by atoms with Crippen LogP contribution in [0, 0.1) is 0 Å². The van der Waals surface area contributed by atoms with Gasteiger partial charge in [0.05, 0.1) is 58.4 Å². The van der Waals surface area contributed by atoms with E-state index >= 15 is 0 Å². The molecule has 0 amide bonds. The Morgan fingerprint density at radius 3 is 1.26 bits per heavy atom. The summed E-state index contributed by atoms with van der Waals surface area (Å²) in [6.45, 7) is 1.22. The number of benzene rings is 4. The number of anilines is 4. The van der Waals surface area contributed by atoms with E-state index in [1.165, 1.54) is 0 Å². The number of para-hydroxylation sites is 2. The number of aliphatic hydroxyl groups is 2. The zero-order valence-electron chi connectivity index (χ0n) is 29.2. The normalized spacial score (nSPS) is 13.7. The fraction of sp³-hybridized carbons (Fsp3) is 0.150. The molecule has 0 radical (unpaired) electrons. The van der Waals surface area contributed by atoms with Crippen LogP contribution < -0.4 is 21.5 Å². The van der Waals surface area contributed by atoms with Gasteiger partial charge in [-0.2, -0.15) is 0 Å². The second-order valence-electron chi connectivity index (χ2n) is 12.0. The van der Waals surface area contributed by atoms with Crippen molar-refractivity contribution in [3.05, 3.63) is 166 Å². The Morgan fingerprint density at radius 2 is 0.907 bits per heavy atom. The van der Waals surface area contributed by atoms with E-state index in [2.05, 4.69) is 94.3 Å². The Kier molecular flexibility index (Phi) is 17.8. The number of hydrogen-bond acceptors (Lipinski definition) is 12. The Hall–Kier alpha value is -3.40. The Labute approximate surface area is 371 Å². The fourth-order valence-electron chi connectivity index (χ4n) is 5.22. The molecule has 0 aliphatic carbocycles. The molecule has 0 atom stereocenters. The van der Waals surface area contributed by atoms with E-state index in [-0.39, 0.29) is 72.3 Å². The van der Waals surface area contributed by atoms with Gasteiger partial charge in [0.1, 0.15) is 0 Å². The predicted molar refractivity (Wildman–Crippen MR) is 234 cm³/mol. The fourth-order valence-corrected chi connectivity index (χ4v) is 6.94. The maximum absolute atomic E-state index is 9.51. The summed E-state index contributed by atoms with van der Waals surface area (Å²) in [5.74, 6) is 0. The first-order valence-corrected chi connectivity index (χ1v) is 18.5. The first kappa shape index (κ1) is 43.3. The van der Waals surface area contributed by atoms with Crippen molar-refractivity contribution in [2.75, 3.05) is 61.9 Å². The van der Waals surface area contributed by atoms with Gasteiger partial charge in [-0.05, 0) is 71.8 Å². The molecule has 0 saturated carbocycles. The molecule has 6 N–H and O–H groups in total. The zero-order valence-corrected chi connectivity index (χ0v) is 30.8. The summed E-state index contributed by atoms with van der Waals surface area (Å²) < 4.78 is 3.93. The maximum atomic E-state index is 9.51. The number of nitrogens with one attached hydrogen (secondary N) is 4. The van der Waals surface area contributed by atoms with Crippen LogP contribution in [-0.4, -0.2) is 128 Å². The van der Waals surface area contributed by atoms with E-state index in [0.29, 0.717) is 13.1 Å². The number of aliphatic hydroxyl groups excluding tert-OH is 2. The number of allylic oxidation sites excluding steroid dienone is 2. The van der Waals surface area contributed by atoms with Crippen molar-refractivity contribution in [3.8, 4) is 0 Å². The summed E-state index contributed by atoms with van der Waals surface area (Å²) in [5, 5.41) is 28.0. The van der Waals surface area contributed by atoms with E-state index in [4.69, 9.17) is 0 Å². The molecule has 14 heteroatoms. The molecule has 2 aliphatic rings. The first-order valence-electron chi connectivity index (χ1n) is 17.0. The molecule has 0 unspecified atom stereocenters. The Morgan fingerprint density at radius 1 is 0.537 bits per heavy atom. The van der Waals surface area contributed by atoms with Crippen LogP contribution in [0.5, 0.6) is 0 Å². The summed E-state index contributed by atoms with van der Waals surface area (Å²) in [7, 11) is 3.94. The van der Waals surface area contributed by atoms with Gasteiger partial charge in [0, 0.05) is 62.5 Å². The summed E-state index contributed by atoms with van der Waals surface area (Å²) in [5.41, 5.74) is 14.9. The number of likely N-dealkylation sites (N-methyl/N-ethyl adjacent to an activating group) is 2. The van der Waals surface area contributed by atoms with E-state index in [1.807, 2.05) is 106 Å². The average Bonchev–Trinajstić information content (AvgIpc) is 3.16. The van der Waals surface area contributed by atoms with Gasteiger partial charge in [0.15, 0.2) is 0 Å². The molecule has 0 saturated heterocycles. The average molecular weight is 781 g/mol. The van der Waals surface area contributed by atoms with Crippen molar-refractivity contribution in [1.29, 1.82) is 0 Å². The van der Waals surface area contributed by atoms with Gasteiger partial charge in [-0.15, -0.1) is 0 Å². The third kappa shape index (κ3) is 13.1. The minimum atomic E-state index is 0. The van der Waals surface area contributed by atoms with E-state index in [9.17, 15) is 10.2 Å². The topological polar surface area (TPSA) is 102 Å². The van der Waals surface area contributed by atoms with Crippen LogP contribution in [0.1, 0.15) is 11.1 Å². The second-order valence-corrected chi connectivity index (χ2v) is 14.1. The predicted octanol–water partition coefficient (Wildman–Crippen LogP) is 6.58. The molecule has 4 aromatic carbocycles. The molecule has 4 aromatic rings. The van der Waals surface area contributed by atoms with Crippen LogP contribution in [0.15, 0.2) is 155 Å². The SMILES string of the molecule is CN(CCO)C1=CN(Nc2ccccc2)SC(Nc2ccc(C=Cc3ccc(NC4=CC(N(C)CCO)=CN(Nc5ccccc5)S4)cc3)cc2)=C1.[NaH].[NaH]. The van der Waals surface area contributed by atoms with E-state index in [1.54, 1.807) is 23.9 Å². The molecule has 0 aromatic heterocycles. The van der Waals surface area contributed by atoms with Crippen molar-refractivity contribution in [3.63, 3.8) is 0 Å². The third-order valence-electron chi connectivity index (χ3n) is 8.05. The van der Waals surface area contributed by atoms with Gasteiger partial charge in [0.2, 0.25) is 0 Å². The van der Waals surface area contributed by atoms with Crippen molar-refractivity contribution in [2.45, 2.75) is 0 Å². The van der Waals surface area contributed by atoms with Gasteiger partial charge in [0.25, 0.3) is 0 Å². The van der Waals surface area contributed by atoms with Crippen LogP contribution in [0.25, 0.3) is 12.2 Å². The van der Waals surface area contributed by atoms with Crippen molar-refractivity contribution < 1.29 is 10.2 Å². The summed E-state index contributed by atoms with van der Waals surface area (Å²) in [6, 6.07) is 36.8. The van der Waals surface area contributed by atoms with Gasteiger partial charge in [-0.3, -0.25) is 10.9 Å². The monoisotopic (exact) mass is 780 g/mol. The number of hydrazine groups is 2. The molecule has 6 rings (SSSR count). The van der Waals surface area contributed by atoms with Crippen molar-refractivity contribution in [1.82, 2.24) is 18.6 Å². The molecule has 10 nitrogen and oxygen atoms in total. The summed E-state index contributed by atoms with van der Waals surface area (Å²) in [6.07, 6.45) is 12.4. The first-order chi connectivity index (χ1) is 25.4. The van der Waals surface area contributed by atoms with E-state index < -0.39 is 0 Å². The molecule has 0 bridgehead atoms. The third-order valence-corrected chi connectivity index (χ3v) is 9.67. The van der Waals surface area contributed by atoms with Gasteiger partial charge in [-0.25, -0.2) is 8.83 Å². The van der Waals surface area contributed by atoms with Crippen LogP contribution in [0.4, 0.5) is 22.7 Å². The van der Waals surface area contributed by atoms with Crippen LogP contribution in [0.3, 0.4) is 0 Å². The van der Waals surface area contributed by atoms with Crippen LogP contribution in [-0.2, 0) is 0 Å². The van der Waals surface area contributed by atoms with Gasteiger partial charge < -0.3 is 30.6 Å². The molecule has 2 heterocycles. The quantitative estimate of drug-likeness (QED) is 0.0421. The Bertz CT molecular complexity index is 1770. The van der Waals surface area contributed by atoms with E-state index in [0.717, 1.165) is 55.3 Å². The molecule has 0 fully saturated rings. The molecular weight excluding hydrogens is 735 g/mol. The zero-order chi connectivity index (χ0) is 36.1. The van der Waals surface area contributed by atoms with Crippen molar-refractivity contribution >= 4 is 118 Å².